The minimum atomic E-state index is -0.306. The molecule has 2 nitrogen and oxygen atoms in total. The summed E-state index contributed by atoms with van der Waals surface area (Å²) in [5.41, 5.74) is 6.61. The monoisotopic (exact) mass is 245 g/mol. The van der Waals surface area contributed by atoms with Gasteiger partial charge in [-0.3, -0.25) is 0 Å². The van der Waals surface area contributed by atoms with Crippen LogP contribution in [-0.4, -0.2) is 7.11 Å². The number of hydrogen-bond acceptors (Lipinski definition) is 2. The average molecular weight is 246 g/mol. The zero-order chi connectivity index (χ0) is 10.8. The highest BCUT2D eigenvalue weighted by molar-refractivity contribution is 5.85. The quantitative estimate of drug-likeness (QED) is 0.888. The predicted octanol–water partition coefficient (Wildman–Crippen LogP) is 3.06. The summed E-state index contributed by atoms with van der Waals surface area (Å²) in [5, 5.41) is 0. The first-order valence-electron chi connectivity index (χ1n) is 5.32. The van der Waals surface area contributed by atoms with Gasteiger partial charge in [0, 0.05) is 11.6 Å². The lowest BCUT2D eigenvalue weighted by Gasteiger charge is -2.31. The Balaban J connectivity index is 0.00000128. The van der Waals surface area contributed by atoms with Crippen molar-refractivity contribution in [2.24, 2.45) is 11.7 Å². The van der Waals surface area contributed by atoms with Gasteiger partial charge in [0.15, 0.2) is 11.6 Å². The molecule has 0 aromatic heterocycles. The molecule has 4 heteroatoms. The van der Waals surface area contributed by atoms with E-state index in [1.165, 1.54) is 13.5 Å². The third-order valence-electron chi connectivity index (χ3n) is 3.23. The Morgan fingerprint density at radius 3 is 2.62 bits per heavy atom. The number of benzene rings is 1. The van der Waals surface area contributed by atoms with E-state index in [1.807, 2.05) is 0 Å². The molecule has 1 fully saturated rings. The molecule has 1 aliphatic carbocycles. The first-order chi connectivity index (χ1) is 7.24. The van der Waals surface area contributed by atoms with E-state index in [0.29, 0.717) is 11.5 Å². The van der Waals surface area contributed by atoms with Crippen molar-refractivity contribution >= 4 is 12.4 Å². The van der Waals surface area contributed by atoms with E-state index in [0.717, 1.165) is 12.8 Å². The Labute approximate surface area is 101 Å². The molecule has 90 valence electrons. The van der Waals surface area contributed by atoms with Crippen LogP contribution in [0.4, 0.5) is 4.39 Å². The van der Waals surface area contributed by atoms with Crippen molar-refractivity contribution in [2.75, 3.05) is 7.11 Å². The molecule has 0 bridgehead atoms. The highest BCUT2D eigenvalue weighted by atomic mass is 35.5. The fourth-order valence-electron chi connectivity index (χ4n) is 2.00. The van der Waals surface area contributed by atoms with E-state index >= 15 is 0 Å². The van der Waals surface area contributed by atoms with E-state index < -0.39 is 0 Å². The first-order valence-corrected chi connectivity index (χ1v) is 5.32. The van der Waals surface area contributed by atoms with Crippen LogP contribution in [0.15, 0.2) is 18.2 Å². The van der Waals surface area contributed by atoms with E-state index in [4.69, 9.17) is 10.5 Å². The number of hydrogen-bond donors (Lipinski definition) is 1. The normalized spacial score (nSPS) is 17.2. The molecule has 1 aromatic carbocycles. The van der Waals surface area contributed by atoms with Crippen molar-refractivity contribution in [3.63, 3.8) is 0 Å². The minimum Gasteiger partial charge on any atom is -0.494 e. The molecule has 0 aliphatic heterocycles. The Kier molecular flexibility index (Phi) is 4.56. The lowest BCUT2D eigenvalue weighted by atomic mass is 9.77. The summed E-state index contributed by atoms with van der Waals surface area (Å²) in [4.78, 5) is 0. The van der Waals surface area contributed by atoms with Gasteiger partial charge in [-0.1, -0.05) is 18.6 Å². The Morgan fingerprint density at radius 1 is 1.44 bits per heavy atom. The van der Waals surface area contributed by atoms with Gasteiger partial charge in [-0.25, -0.2) is 4.39 Å². The maximum atomic E-state index is 13.8. The second-order valence-electron chi connectivity index (χ2n) is 4.08. The fraction of sp³-hybridized carbons (Fsp3) is 0.500. The van der Waals surface area contributed by atoms with Crippen LogP contribution < -0.4 is 10.5 Å². The molecule has 0 radical (unpaired) electrons. The smallest absolute Gasteiger partial charge is 0.169 e. The van der Waals surface area contributed by atoms with Crippen LogP contribution >= 0.6 is 12.4 Å². The van der Waals surface area contributed by atoms with Crippen LogP contribution in [0.3, 0.4) is 0 Å². The van der Waals surface area contributed by atoms with Gasteiger partial charge in [0.1, 0.15) is 0 Å². The van der Waals surface area contributed by atoms with Crippen LogP contribution in [0, 0.1) is 11.7 Å². The zero-order valence-electron chi connectivity index (χ0n) is 9.28. The molecule has 2 N–H and O–H groups in total. The summed E-state index contributed by atoms with van der Waals surface area (Å²) in [5.74, 6) is 0.410. The van der Waals surface area contributed by atoms with E-state index in [-0.39, 0.29) is 30.0 Å². The van der Waals surface area contributed by atoms with Crippen LogP contribution in [0.1, 0.15) is 30.9 Å². The number of halogens is 2. The van der Waals surface area contributed by atoms with Crippen LogP contribution in [0.25, 0.3) is 0 Å². The van der Waals surface area contributed by atoms with Gasteiger partial charge in [0.2, 0.25) is 0 Å². The van der Waals surface area contributed by atoms with Crippen molar-refractivity contribution in [1.29, 1.82) is 0 Å². The molecule has 1 aromatic rings. The molecule has 16 heavy (non-hydrogen) atoms. The lowest BCUT2D eigenvalue weighted by Crippen LogP contribution is -2.27. The second kappa shape index (κ2) is 5.51. The third-order valence-corrected chi connectivity index (χ3v) is 3.23. The van der Waals surface area contributed by atoms with Gasteiger partial charge >= 0.3 is 0 Å². The van der Waals surface area contributed by atoms with Crippen molar-refractivity contribution in [1.82, 2.24) is 0 Å². The summed E-state index contributed by atoms with van der Waals surface area (Å²) >= 11 is 0. The molecular formula is C12H17ClFNO. The van der Waals surface area contributed by atoms with Crippen LogP contribution in [0.2, 0.25) is 0 Å². The Hall–Kier alpha value is -0.800. The molecule has 0 amide bonds. The predicted molar refractivity (Wildman–Crippen MR) is 64.5 cm³/mol. The zero-order valence-corrected chi connectivity index (χ0v) is 10.1. The number of methoxy groups -OCH3 is 1. The molecule has 0 spiro atoms. The third kappa shape index (κ3) is 2.30. The highest BCUT2D eigenvalue weighted by Crippen LogP contribution is 2.38. The van der Waals surface area contributed by atoms with Crippen LogP contribution in [-0.2, 0) is 0 Å². The van der Waals surface area contributed by atoms with Gasteiger partial charge in [0.05, 0.1) is 7.11 Å². The Bertz CT molecular complexity index is 355. The first kappa shape index (κ1) is 13.3. The van der Waals surface area contributed by atoms with Crippen LogP contribution in [0.5, 0.6) is 5.75 Å². The molecule has 0 saturated heterocycles. The van der Waals surface area contributed by atoms with Gasteiger partial charge in [-0.15, -0.1) is 12.4 Å². The maximum absolute atomic E-state index is 13.8. The van der Waals surface area contributed by atoms with Gasteiger partial charge in [-0.05, 0) is 24.8 Å². The van der Waals surface area contributed by atoms with Crippen molar-refractivity contribution in [2.45, 2.75) is 25.3 Å². The summed E-state index contributed by atoms with van der Waals surface area (Å²) in [7, 11) is 1.47. The summed E-state index contributed by atoms with van der Waals surface area (Å²) in [6.45, 7) is 0. The SMILES string of the molecule is COc1cccc([C@@H](N)C2CCC2)c1F.Cl. The van der Waals surface area contributed by atoms with E-state index in [2.05, 4.69) is 0 Å². The van der Waals surface area contributed by atoms with E-state index in [9.17, 15) is 4.39 Å². The average Bonchev–Trinajstić information content (AvgIpc) is 2.15. The molecule has 1 atom stereocenters. The molecule has 1 saturated carbocycles. The summed E-state index contributed by atoms with van der Waals surface area (Å²) < 4.78 is 18.8. The second-order valence-corrected chi connectivity index (χ2v) is 4.08. The van der Waals surface area contributed by atoms with E-state index in [1.54, 1.807) is 18.2 Å². The van der Waals surface area contributed by atoms with Crippen molar-refractivity contribution in [3.05, 3.63) is 29.6 Å². The van der Waals surface area contributed by atoms with Crippen molar-refractivity contribution in [3.8, 4) is 5.75 Å². The van der Waals surface area contributed by atoms with Gasteiger partial charge in [0.25, 0.3) is 0 Å². The molecule has 2 rings (SSSR count). The molecule has 0 heterocycles. The minimum absolute atomic E-state index is 0. The maximum Gasteiger partial charge on any atom is 0.169 e. The fourth-order valence-corrected chi connectivity index (χ4v) is 2.00. The standard InChI is InChI=1S/C12H16FNO.ClH/c1-15-10-7-3-6-9(11(10)13)12(14)8-4-2-5-8;/h3,6-8,12H,2,4-5,14H2,1H3;1H/t12-;/m0./s1. The lowest BCUT2D eigenvalue weighted by molar-refractivity contribution is 0.259. The number of ether oxygens (including phenoxy) is 1. The molecule has 0 unspecified atom stereocenters. The van der Waals surface area contributed by atoms with Crippen molar-refractivity contribution < 1.29 is 9.13 Å². The highest BCUT2D eigenvalue weighted by Gasteiger charge is 2.28. The number of rotatable bonds is 3. The molecular weight excluding hydrogens is 229 g/mol. The summed E-state index contributed by atoms with van der Waals surface area (Å²) in [6.07, 6.45) is 3.43. The number of nitrogens with two attached hydrogens (primary N) is 1. The summed E-state index contributed by atoms with van der Waals surface area (Å²) in [6, 6.07) is 4.97. The molecule has 1 aliphatic rings. The van der Waals surface area contributed by atoms with Gasteiger partial charge < -0.3 is 10.5 Å². The topological polar surface area (TPSA) is 35.2 Å². The van der Waals surface area contributed by atoms with Gasteiger partial charge in [-0.2, -0.15) is 0 Å². The Morgan fingerprint density at radius 2 is 2.12 bits per heavy atom. The largest absolute Gasteiger partial charge is 0.494 e.